The monoisotopic (exact) mass is 250 g/mol. The molecular formula is C12H14N2O4. The van der Waals surface area contributed by atoms with E-state index in [0.717, 1.165) is 0 Å². The van der Waals surface area contributed by atoms with Gasteiger partial charge < -0.3 is 9.47 Å². The quantitative estimate of drug-likeness (QED) is 0.348. The Morgan fingerprint density at radius 2 is 2.22 bits per heavy atom. The molecule has 0 aliphatic carbocycles. The average Bonchev–Trinajstić information content (AvgIpc) is 2.79. The minimum atomic E-state index is -0.655. The Bertz CT molecular complexity index is 475. The number of carbonyl (C=O) groups is 2. The largest absolute Gasteiger partial charge is 0.496 e. The number of nitrogens with one attached hydrogen (secondary N) is 1. The zero-order valence-electron chi connectivity index (χ0n) is 9.88. The minimum Gasteiger partial charge on any atom is -0.496 e. The molecule has 1 saturated heterocycles. The molecule has 0 aromatic heterocycles. The number of para-hydroxylation sites is 1. The Labute approximate surface area is 104 Å². The van der Waals surface area contributed by atoms with Gasteiger partial charge in [0.15, 0.2) is 0 Å². The van der Waals surface area contributed by atoms with Crippen LogP contribution in [0.2, 0.25) is 0 Å². The molecule has 0 bridgehead atoms. The fourth-order valence-electron chi connectivity index (χ4n) is 2.08. The van der Waals surface area contributed by atoms with Crippen LogP contribution >= 0.6 is 0 Å². The van der Waals surface area contributed by atoms with Crippen molar-refractivity contribution in [2.45, 2.75) is 12.5 Å². The summed E-state index contributed by atoms with van der Waals surface area (Å²) in [6.45, 7) is 0. The zero-order valence-corrected chi connectivity index (χ0v) is 9.88. The second-order valence-corrected chi connectivity index (χ2v) is 3.97. The Balaban J connectivity index is 2.35. The first kappa shape index (κ1) is 12.4. The maximum atomic E-state index is 11.6. The van der Waals surface area contributed by atoms with Gasteiger partial charge in [-0.1, -0.05) is 18.2 Å². The molecule has 6 heteroatoms. The number of ether oxygens (including phenoxy) is 2. The number of benzene rings is 1. The smallest absolute Gasteiger partial charge is 0.307 e. The third-order valence-corrected chi connectivity index (χ3v) is 2.93. The lowest BCUT2D eigenvalue weighted by Gasteiger charge is -2.18. The summed E-state index contributed by atoms with van der Waals surface area (Å²) in [5.41, 5.74) is 2.72. The van der Waals surface area contributed by atoms with Crippen LogP contribution in [0.1, 0.15) is 18.1 Å². The van der Waals surface area contributed by atoms with E-state index in [2.05, 4.69) is 5.43 Å². The van der Waals surface area contributed by atoms with Crippen molar-refractivity contribution >= 4 is 11.9 Å². The Morgan fingerprint density at radius 1 is 1.50 bits per heavy atom. The Hall–Kier alpha value is -2.08. The fraction of sp³-hybridized carbons (Fsp3) is 0.333. The standard InChI is InChI=1S/C12H14N2O4/c1-17-9-5-3-2-4-7(9)11-8(12(16)14-13)6-10(15)18-11/h2-5,8,11H,6,13H2,1H3,(H,14,16)/t8-,11+/m1/s1. The van der Waals surface area contributed by atoms with Gasteiger partial charge in [-0.3, -0.25) is 15.0 Å². The molecule has 1 aromatic carbocycles. The van der Waals surface area contributed by atoms with E-state index in [9.17, 15) is 9.59 Å². The molecule has 1 aliphatic heterocycles. The van der Waals surface area contributed by atoms with Gasteiger partial charge in [-0.25, -0.2) is 5.84 Å². The first-order chi connectivity index (χ1) is 8.67. The molecule has 6 nitrogen and oxygen atoms in total. The van der Waals surface area contributed by atoms with Crippen molar-refractivity contribution in [3.05, 3.63) is 29.8 Å². The van der Waals surface area contributed by atoms with Crippen LogP contribution in [0, 0.1) is 5.92 Å². The lowest BCUT2D eigenvalue weighted by Crippen LogP contribution is -2.37. The summed E-state index contributed by atoms with van der Waals surface area (Å²) in [4.78, 5) is 23.0. The van der Waals surface area contributed by atoms with E-state index in [4.69, 9.17) is 15.3 Å². The zero-order chi connectivity index (χ0) is 13.1. The van der Waals surface area contributed by atoms with Gasteiger partial charge in [0, 0.05) is 5.56 Å². The summed E-state index contributed by atoms with van der Waals surface area (Å²) in [5.74, 6) is 4.22. The van der Waals surface area contributed by atoms with Crippen LogP contribution in [0.25, 0.3) is 0 Å². The predicted octanol–water partition coefficient (Wildman–Crippen LogP) is 0.289. The number of cyclic esters (lactones) is 1. The molecule has 1 amide bonds. The molecule has 96 valence electrons. The van der Waals surface area contributed by atoms with Gasteiger partial charge in [0.25, 0.3) is 0 Å². The van der Waals surface area contributed by atoms with Crippen LogP contribution in [0.15, 0.2) is 24.3 Å². The first-order valence-corrected chi connectivity index (χ1v) is 5.50. The molecule has 3 N–H and O–H groups in total. The van der Waals surface area contributed by atoms with Gasteiger partial charge in [0.1, 0.15) is 11.9 Å². The second-order valence-electron chi connectivity index (χ2n) is 3.97. The van der Waals surface area contributed by atoms with Crippen LogP contribution in [0.5, 0.6) is 5.75 Å². The van der Waals surface area contributed by atoms with E-state index in [1.165, 1.54) is 7.11 Å². The molecule has 1 aromatic rings. The highest BCUT2D eigenvalue weighted by Crippen LogP contribution is 2.39. The number of esters is 1. The summed E-state index contributed by atoms with van der Waals surface area (Å²) in [5, 5.41) is 0. The Morgan fingerprint density at radius 3 is 2.89 bits per heavy atom. The van der Waals surface area contributed by atoms with Gasteiger partial charge in [0.05, 0.1) is 19.4 Å². The van der Waals surface area contributed by atoms with Crippen LogP contribution in [-0.2, 0) is 14.3 Å². The number of carbonyl (C=O) groups excluding carboxylic acids is 2. The number of rotatable bonds is 3. The molecule has 0 spiro atoms. The molecule has 1 aliphatic rings. The highest BCUT2D eigenvalue weighted by molar-refractivity contribution is 5.86. The maximum Gasteiger partial charge on any atom is 0.307 e. The normalized spacial score (nSPS) is 22.4. The van der Waals surface area contributed by atoms with Crippen molar-refractivity contribution in [3.8, 4) is 5.75 Å². The van der Waals surface area contributed by atoms with Crippen molar-refractivity contribution in [1.29, 1.82) is 0 Å². The number of hydrogen-bond acceptors (Lipinski definition) is 5. The predicted molar refractivity (Wildman–Crippen MR) is 62.3 cm³/mol. The summed E-state index contributed by atoms with van der Waals surface area (Å²) in [6.07, 6.45) is -0.636. The SMILES string of the molecule is COc1ccccc1[C@@H]1OC(=O)C[C@H]1C(=O)NN. The van der Waals surface area contributed by atoms with Crippen LogP contribution in [0.4, 0.5) is 0 Å². The fourth-order valence-corrected chi connectivity index (χ4v) is 2.08. The Kier molecular flexibility index (Phi) is 3.47. The van der Waals surface area contributed by atoms with Crippen LogP contribution in [0.3, 0.4) is 0 Å². The van der Waals surface area contributed by atoms with E-state index in [0.29, 0.717) is 11.3 Å². The average molecular weight is 250 g/mol. The number of nitrogens with two attached hydrogens (primary N) is 1. The molecular weight excluding hydrogens is 236 g/mol. The van der Waals surface area contributed by atoms with Crippen molar-refractivity contribution in [2.75, 3.05) is 7.11 Å². The summed E-state index contributed by atoms with van der Waals surface area (Å²) in [7, 11) is 1.52. The number of amides is 1. The molecule has 18 heavy (non-hydrogen) atoms. The molecule has 1 fully saturated rings. The van der Waals surface area contributed by atoms with Crippen LogP contribution < -0.4 is 16.0 Å². The van der Waals surface area contributed by atoms with Crippen molar-refractivity contribution in [1.82, 2.24) is 5.43 Å². The highest BCUT2D eigenvalue weighted by atomic mass is 16.6. The summed E-state index contributed by atoms with van der Waals surface area (Å²) in [6, 6.07) is 7.11. The molecule has 0 saturated carbocycles. The molecule has 1 heterocycles. The highest BCUT2D eigenvalue weighted by Gasteiger charge is 2.41. The minimum absolute atomic E-state index is 0.0196. The molecule has 2 rings (SSSR count). The molecule has 0 radical (unpaired) electrons. The van der Waals surface area contributed by atoms with Gasteiger partial charge in [0.2, 0.25) is 5.91 Å². The number of hydrazine groups is 1. The van der Waals surface area contributed by atoms with Crippen molar-refractivity contribution < 1.29 is 19.1 Å². The number of methoxy groups -OCH3 is 1. The van der Waals surface area contributed by atoms with Crippen molar-refractivity contribution in [3.63, 3.8) is 0 Å². The van der Waals surface area contributed by atoms with Gasteiger partial charge in [-0.2, -0.15) is 0 Å². The molecule has 0 unspecified atom stereocenters. The summed E-state index contributed by atoms with van der Waals surface area (Å²) < 4.78 is 10.4. The maximum absolute atomic E-state index is 11.6. The van der Waals surface area contributed by atoms with E-state index >= 15 is 0 Å². The van der Waals surface area contributed by atoms with E-state index in [1.807, 2.05) is 0 Å². The van der Waals surface area contributed by atoms with E-state index < -0.39 is 23.9 Å². The van der Waals surface area contributed by atoms with E-state index in [-0.39, 0.29) is 6.42 Å². The topological polar surface area (TPSA) is 90.6 Å². The third kappa shape index (κ3) is 2.14. The third-order valence-electron chi connectivity index (χ3n) is 2.93. The van der Waals surface area contributed by atoms with Gasteiger partial charge >= 0.3 is 5.97 Å². The van der Waals surface area contributed by atoms with Gasteiger partial charge in [-0.05, 0) is 6.07 Å². The lowest BCUT2D eigenvalue weighted by atomic mass is 9.94. The van der Waals surface area contributed by atoms with Crippen LogP contribution in [-0.4, -0.2) is 19.0 Å². The second kappa shape index (κ2) is 5.05. The van der Waals surface area contributed by atoms with E-state index in [1.54, 1.807) is 24.3 Å². The summed E-state index contributed by atoms with van der Waals surface area (Å²) >= 11 is 0. The van der Waals surface area contributed by atoms with Crippen molar-refractivity contribution in [2.24, 2.45) is 11.8 Å². The number of hydrogen-bond donors (Lipinski definition) is 2. The molecule has 2 atom stereocenters. The lowest BCUT2D eigenvalue weighted by molar-refractivity contribution is -0.141. The first-order valence-electron chi connectivity index (χ1n) is 5.50. The van der Waals surface area contributed by atoms with Gasteiger partial charge in [-0.15, -0.1) is 0 Å².